The molecule has 3 aromatic carbocycles. The van der Waals surface area contributed by atoms with Crippen molar-refractivity contribution < 1.29 is 43.7 Å². The van der Waals surface area contributed by atoms with E-state index in [1.807, 2.05) is 6.07 Å². The number of esters is 1. The van der Waals surface area contributed by atoms with Gasteiger partial charge in [-0.05, 0) is 47.0 Å². The van der Waals surface area contributed by atoms with Gasteiger partial charge in [-0.25, -0.2) is 8.42 Å². The van der Waals surface area contributed by atoms with Crippen LogP contribution in [0.15, 0.2) is 71.6 Å². The molecule has 0 heterocycles. The van der Waals surface area contributed by atoms with Gasteiger partial charge in [0.2, 0.25) is 10.0 Å². The number of alkyl halides is 3. The Balaban J connectivity index is 1.80. The summed E-state index contributed by atoms with van der Waals surface area (Å²) in [5.74, 6) is -1.50. The Morgan fingerprint density at radius 2 is 1.56 bits per heavy atom. The zero-order valence-corrected chi connectivity index (χ0v) is 19.1. The van der Waals surface area contributed by atoms with Crippen LogP contribution in [0.5, 0.6) is 5.75 Å². The Labute approximate surface area is 193 Å². The Bertz CT molecular complexity index is 1400. The molecule has 1 atom stereocenters. The Morgan fingerprint density at radius 3 is 2.15 bits per heavy atom. The minimum atomic E-state index is -5.84. The van der Waals surface area contributed by atoms with Crippen LogP contribution in [-0.2, 0) is 36.1 Å². The highest BCUT2D eigenvalue weighted by Gasteiger charge is 2.48. The molecule has 0 saturated carbocycles. The molecule has 0 bridgehead atoms. The van der Waals surface area contributed by atoms with Gasteiger partial charge in [0, 0.05) is 0 Å². The average molecular weight is 518 g/mol. The molecule has 0 aromatic heterocycles. The molecule has 1 N–H and O–H groups in total. The van der Waals surface area contributed by atoms with Gasteiger partial charge >= 0.3 is 21.6 Å². The van der Waals surface area contributed by atoms with Crippen LogP contribution in [-0.4, -0.2) is 41.5 Å². The summed E-state index contributed by atoms with van der Waals surface area (Å²) >= 11 is 0. The number of nitrogens with one attached hydrogen (secondary N) is 1. The van der Waals surface area contributed by atoms with E-state index in [0.29, 0.717) is 10.9 Å². The van der Waals surface area contributed by atoms with Gasteiger partial charge in [0.05, 0.1) is 12.0 Å². The summed E-state index contributed by atoms with van der Waals surface area (Å²) < 4.78 is 96.3. The van der Waals surface area contributed by atoms with E-state index in [9.17, 15) is 34.8 Å². The monoisotopic (exact) mass is 517 g/mol. The zero-order valence-electron chi connectivity index (χ0n) is 17.4. The lowest BCUT2D eigenvalue weighted by molar-refractivity contribution is -0.142. The smallest absolute Gasteiger partial charge is 0.468 e. The molecular formula is C21H18F3NO7S2. The molecule has 0 aliphatic carbocycles. The van der Waals surface area contributed by atoms with Crippen molar-refractivity contribution in [2.24, 2.45) is 0 Å². The maximum Gasteiger partial charge on any atom is 0.534 e. The van der Waals surface area contributed by atoms with Gasteiger partial charge in [-0.1, -0.05) is 42.5 Å². The number of carbonyl (C=O) groups is 1. The Morgan fingerprint density at radius 1 is 0.941 bits per heavy atom. The summed E-state index contributed by atoms with van der Waals surface area (Å²) in [6.07, 6.45) is -0.230. The highest BCUT2D eigenvalue weighted by Crippen LogP contribution is 2.27. The minimum Gasteiger partial charge on any atom is -0.468 e. The van der Waals surface area contributed by atoms with Crippen molar-refractivity contribution in [2.75, 3.05) is 7.11 Å². The van der Waals surface area contributed by atoms with Crippen molar-refractivity contribution in [1.82, 2.24) is 4.72 Å². The number of methoxy groups -OCH3 is 1. The summed E-state index contributed by atoms with van der Waals surface area (Å²) in [7, 11) is -8.93. The standard InChI is InChI=1S/C21H18F3NO7S2/c1-31-20(26)19(12-14-6-9-17(10-7-14)32-34(29,30)21(22,23)24)25-33(27,28)18-11-8-15-4-2-3-5-16(15)13-18/h2-11,13,19,25H,12H2,1H3/t19-/m0/s1. The molecule has 34 heavy (non-hydrogen) atoms. The normalized spacial score (nSPS) is 13.4. The lowest BCUT2D eigenvalue weighted by Gasteiger charge is -2.17. The second-order valence-electron chi connectivity index (χ2n) is 7.04. The molecule has 0 spiro atoms. The predicted molar refractivity (Wildman–Crippen MR) is 116 cm³/mol. The second kappa shape index (κ2) is 9.60. The number of hydrogen-bond acceptors (Lipinski definition) is 7. The van der Waals surface area contributed by atoms with Crippen LogP contribution in [0.3, 0.4) is 0 Å². The maximum atomic E-state index is 12.9. The average Bonchev–Trinajstić information content (AvgIpc) is 2.78. The molecule has 0 unspecified atom stereocenters. The van der Waals surface area contributed by atoms with Crippen LogP contribution < -0.4 is 8.91 Å². The Hall–Kier alpha value is -3.16. The van der Waals surface area contributed by atoms with Crippen LogP contribution in [0.1, 0.15) is 5.56 Å². The van der Waals surface area contributed by atoms with Gasteiger partial charge in [0.15, 0.2) is 0 Å². The van der Waals surface area contributed by atoms with Crippen LogP contribution in [0, 0.1) is 0 Å². The van der Waals surface area contributed by atoms with Crippen molar-refractivity contribution in [3.05, 3.63) is 72.3 Å². The van der Waals surface area contributed by atoms with Gasteiger partial charge < -0.3 is 8.92 Å². The fraction of sp³-hybridized carbons (Fsp3) is 0.190. The largest absolute Gasteiger partial charge is 0.534 e. The van der Waals surface area contributed by atoms with Gasteiger partial charge in [0.25, 0.3) is 0 Å². The van der Waals surface area contributed by atoms with Crippen LogP contribution in [0.2, 0.25) is 0 Å². The number of benzene rings is 3. The number of hydrogen-bond donors (Lipinski definition) is 1. The topological polar surface area (TPSA) is 116 Å². The Kier molecular flexibility index (Phi) is 7.19. The molecule has 0 aliphatic rings. The lowest BCUT2D eigenvalue weighted by Crippen LogP contribution is -2.42. The van der Waals surface area contributed by atoms with Crippen molar-refractivity contribution in [3.8, 4) is 5.75 Å². The van der Waals surface area contributed by atoms with Crippen molar-refractivity contribution in [1.29, 1.82) is 0 Å². The summed E-state index contributed by atoms with van der Waals surface area (Å²) in [6.45, 7) is 0. The summed E-state index contributed by atoms with van der Waals surface area (Å²) in [5.41, 5.74) is -5.30. The van der Waals surface area contributed by atoms with Crippen LogP contribution in [0.4, 0.5) is 13.2 Å². The van der Waals surface area contributed by atoms with Gasteiger partial charge in [0.1, 0.15) is 11.8 Å². The molecule has 0 amide bonds. The first-order valence-electron chi connectivity index (χ1n) is 9.51. The number of carbonyl (C=O) groups excluding carboxylic acids is 1. The first-order valence-corrected chi connectivity index (χ1v) is 12.4. The molecule has 0 radical (unpaired) electrons. The maximum absolute atomic E-state index is 12.9. The first kappa shape index (κ1) is 25.5. The van der Waals surface area contributed by atoms with Gasteiger partial charge in [-0.3, -0.25) is 4.79 Å². The van der Waals surface area contributed by atoms with E-state index < -0.39 is 43.4 Å². The lowest BCUT2D eigenvalue weighted by atomic mass is 10.1. The van der Waals surface area contributed by atoms with E-state index in [0.717, 1.165) is 24.6 Å². The van der Waals surface area contributed by atoms with Crippen LogP contribution >= 0.6 is 0 Å². The zero-order chi connectivity index (χ0) is 25.1. The third-order valence-electron chi connectivity index (χ3n) is 4.67. The number of rotatable bonds is 8. The van der Waals surface area contributed by atoms with Gasteiger partial charge in [-0.15, -0.1) is 0 Å². The van der Waals surface area contributed by atoms with E-state index in [-0.39, 0.29) is 11.3 Å². The number of fused-ring (bicyclic) bond motifs is 1. The van der Waals surface area contributed by atoms with Gasteiger partial charge in [-0.2, -0.15) is 26.3 Å². The quantitative estimate of drug-likeness (QED) is 0.277. The molecule has 8 nitrogen and oxygen atoms in total. The molecule has 13 heteroatoms. The second-order valence-corrected chi connectivity index (χ2v) is 10.3. The fourth-order valence-corrected chi connectivity index (χ4v) is 4.67. The van der Waals surface area contributed by atoms with Crippen molar-refractivity contribution >= 4 is 36.9 Å². The van der Waals surface area contributed by atoms with E-state index >= 15 is 0 Å². The number of halogens is 3. The van der Waals surface area contributed by atoms with E-state index in [2.05, 4.69) is 13.6 Å². The first-order chi connectivity index (χ1) is 15.8. The molecular weight excluding hydrogens is 499 g/mol. The number of sulfonamides is 1. The highest BCUT2D eigenvalue weighted by atomic mass is 32.2. The third-order valence-corrected chi connectivity index (χ3v) is 7.12. The van der Waals surface area contributed by atoms with E-state index in [4.69, 9.17) is 0 Å². The van der Waals surface area contributed by atoms with E-state index in [1.54, 1.807) is 24.3 Å². The summed E-state index contributed by atoms with van der Waals surface area (Å²) in [5, 5.41) is 1.49. The molecule has 3 aromatic rings. The fourth-order valence-electron chi connectivity index (χ4n) is 3.00. The third kappa shape index (κ3) is 5.85. The molecule has 3 rings (SSSR count). The molecule has 0 fully saturated rings. The minimum absolute atomic E-state index is 0.0822. The summed E-state index contributed by atoms with van der Waals surface area (Å²) in [4.78, 5) is 12.1. The molecule has 0 saturated heterocycles. The van der Waals surface area contributed by atoms with Crippen LogP contribution in [0.25, 0.3) is 10.8 Å². The van der Waals surface area contributed by atoms with Crippen molar-refractivity contribution in [2.45, 2.75) is 22.9 Å². The van der Waals surface area contributed by atoms with E-state index in [1.165, 1.54) is 24.3 Å². The predicted octanol–water partition coefficient (Wildman–Crippen LogP) is 3.13. The molecule has 182 valence electrons. The highest BCUT2D eigenvalue weighted by molar-refractivity contribution is 7.89. The van der Waals surface area contributed by atoms with Crippen molar-refractivity contribution in [3.63, 3.8) is 0 Å². The summed E-state index contributed by atoms with van der Waals surface area (Å²) in [6, 6.07) is 14.5. The SMILES string of the molecule is COC(=O)[C@H](Cc1ccc(OS(=O)(=O)C(F)(F)F)cc1)NS(=O)(=O)c1ccc2ccccc2c1. The molecule has 0 aliphatic heterocycles. The number of ether oxygens (including phenoxy) is 1.